The van der Waals surface area contributed by atoms with E-state index in [0.717, 1.165) is 71.0 Å². The predicted octanol–water partition coefficient (Wildman–Crippen LogP) is 2.78. The Morgan fingerprint density at radius 3 is 2.50 bits per heavy atom. The summed E-state index contributed by atoms with van der Waals surface area (Å²) >= 11 is 0. The van der Waals surface area contributed by atoms with Crippen LogP contribution in [0.15, 0.2) is 29.3 Å². The predicted molar refractivity (Wildman–Crippen MR) is 117 cm³/mol. The van der Waals surface area contributed by atoms with Gasteiger partial charge in [0.25, 0.3) is 0 Å². The van der Waals surface area contributed by atoms with Gasteiger partial charge in [-0.15, -0.1) is 0 Å². The van der Waals surface area contributed by atoms with Gasteiger partial charge in [0.1, 0.15) is 0 Å². The molecule has 0 saturated carbocycles. The van der Waals surface area contributed by atoms with Gasteiger partial charge < -0.3 is 24.6 Å². The number of nitrogens with one attached hydrogen (secondary N) is 1. The normalized spacial score (nSPS) is 15.7. The van der Waals surface area contributed by atoms with E-state index in [0.29, 0.717) is 6.10 Å². The Labute approximate surface area is 170 Å². The van der Waals surface area contributed by atoms with Crippen LogP contribution < -0.4 is 10.2 Å². The first-order valence-electron chi connectivity index (χ1n) is 10.5. The van der Waals surface area contributed by atoms with Crippen molar-refractivity contribution < 1.29 is 9.47 Å². The minimum absolute atomic E-state index is 0.367. The fraction of sp³-hybridized carbons (Fsp3) is 0.682. The van der Waals surface area contributed by atoms with Crippen LogP contribution in [0.25, 0.3) is 0 Å². The summed E-state index contributed by atoms with van der Waals surface area (Å²) in [6, 6.07) is 8.73. The van der Waals surface area contributed by atoms with Gasteiger partial charge in [-0.2, -0.15) is 0 Å². The maximum atomic E-state index is 5.97. The van der Waals surface area contributed by atoms with Crippen LogP contribution in [0.1, 0.15) is 31.7 Å². The highest BCUT2D eigenvalue weighted by Crippen LogP contribution is 2.15. The second-order valence-corrected chi connectivity index (χ2v) is 7.45. The molecule has 1 N–H and O–H groups in total. The van der Waals surface area contributed by atoms with Crippen molar-refractivity contribution in [2.45, 2.75) is 38.7 Å². The number of hydrogen-bond acceptors (Lipinski definition) is 4. The second-order valence-electron chi connectivity index (χ2n) is 7.45. The molecule has 1 fully saturated rings. The molecule has 1 aliphatic heterocycles. The molecule has 1 heterocycles. The molecule has 1 saturated heterocycles. The van der Waals surface area contributed by atoms with E-state index < -0.39 is 0 Å². The molecule has 1 aromatic rings. The van der Waals surface area contributed by atoms with Gasteiger partial charge >= 0.3 is 0 Å². The standard InChI is InChI=1S/C22H38N4O2/c1-5-23-22(24-14-11-19-7-9-20(10-8-19)25(2)3)26-15-12-21(13-16-26)28-18-6-17-27-4/h7-10,21H,5-6,11-18H2,1-4H3,(H,23,24). The number of ether oxygens (including phenoxy) is 2. The van der Waals surface area contributed by atoms with Gasteiger partial charge in [0.2, 0.25) is 0 Å². The number of guanidine groups is 1. The van der Waals surface area contributed by atoms with Gasteiger partial charge in [0.15, 0.2) is 5.96 Å². The largest absolute Gasteiger partial charge is 0.385 e. The lowest BCUT2D eigenvalue weighted by Gasteiger charge is -2.34. The van der Waals surface area contributed by atoms with Crippen molar-refractivity contribution in [3.8, 4) is 0 Å². The van der Waals surface area contributed by atoms with Gasteiger partial charge in [-0.05, 0) is 50.3 Å². The summed E-state index contributed by atoms with van der Waals surface area (Å²) in [5, 5.41) is 3.45. The highest BCUT2D eigenvalue weighted by atomic mass is 16.5. The Bertz CT molecular complexity index is 566. The first-order chi connectivity index (χ1) is 13.6. The molecule has 0 atom stereocenters. The summed E-state index contributed by atoms with van der Waals surface area (Å²) in [5.74, 6) is 1.03. The van der Waals surface area contributed by atoms with E-state index in [1.54, 1.807) is 7.11 Å². The van der Waals surface area contributed by atoms with E-state index in [1.807, 2.05) is 0 Å². The summed E-state index contributed by atoms with van der Waals surface area (Å²) in [6.07, 6.45) is 4.41. The molecule has 6 nitrogen and oxygen atoms in total. The van der Waals surface area contributed by atoms with Crippen LogP contribution in [0, 0.1) is 0 Å². The number of rotatable bonds is 10. The lowest BCUT2D eigenvalue weighted by atomic mass is 10.1. The van der Waals surface area contributed by atoms with Crippen LogP contribution in [0.4, 0.5) is 5.69 Å². The van der Waals surface area contributed by atoms with Crippen molar-refractivity contribution in [1.29, 1.82) is 0 Å². The number of hydrogen-bond donors (Lipinski definition) is 1. The minimum Gasteiger partial charge on any atom is -0.385 e. The molecule has 0 unspecified atom stereocenters. The van der Waals surface area contributed by atoms with E-state index in [2.05, 4.69) is 60.4 Å². The molecule has 0 radical (unpaired) electrons. The van der Waals surface area contributed by atoms with Crippen molar-refractivity contribution in [2.24, 2.45) is 4.99 Å². The molecule has 0 aromatic heterocycles. The summed E-state index contributed by atoms with van der Waals surface area (Å²) in [5.41, 5.74) is 2.56. The fourth-order valence-corrected chi connectivity index (χ4v) is 3.37. The van der Waals surface area contributed by atoms with Crippen molar-refractivity contribution in [1.82, 2.24) is 10.2 Å². The van der Waals surface area contributed by atoms with Crippen molar-refractivity contribution >= 4 is 11.6 Å². The third-order valence-corrected chi connectivity index (χ3v) is 5.04. The quantitative estimate of drug-likeness (QED) is 0.378. The van der Waals surface area contributed by atoms with Gasteiger partial charge in [0.05, 0.1) is 6.10 Å². The van der Waals surface area contributed by atoms with E-state index in [-0.39, 0.29) is 0 Å². The van der Waals surface area contributed by atoms with Crippen LogP contribution in [-0.4, -0.2) is 77.6 Å². The number of aliphatic imine (C=N–C) groups is 1. The molecule has 1 aromatic carbocycles. The number of likely N-dealkylation sites (tertiary alicyclic amines) is 1. The first kappa shape index (κ1) is 22.5. The summed E-state index contributed by atoms with van der Waals surface area (Å²) in [4.78, 5) is 9.36. The average molecular weight is 391 g/mol. The molecule has 2 rings (SSSR count). The molecule has 0 aliphatic carbocycles. The number of anilines is 1. The van der Waals surface area contributed by atoms with Gasteiger partial charge in [-0.3, -0.25) is 4.99 Å². The van der Waals surface area contributed by atoms with Crippen LogP contribution in [0.2, 0.25) is 0 Å². The van der Waals surface area contributed by atoms with E-state index in [1.165, 1.54) is 11.3 Å². The summed E-state index contributed by atoms with van der Waals surface area (Å²) in [6.45, 7) is 7.38. The third kappa shape index (κ3) is 7.68. The fourth-order valence-electron chi connectivity index (χ4n) is 3.37. The lowest BCUT2D eigenvalue weighted by Crippen LogP contribution is -2.47. The molecule has 0 amide bonds. The maximum Gasteiger partial charge on any atom is 0.193 e. The van der Waals surface area contributed by atoms with E-state index in [9.17, 15) is 0 Å². The van der Waals surface area contributed by atoms with E-state index in [4.69, 9.17) is 14.5 Å². The average Bonchev–Trinajstić information content (AvgIpc) is 2.71. The zero-order chi connectivity index (χ0) is 20.2. The Hall–Kier alpha value is -1.79. The van der Waals surface area contributed by atoms with Crippen LogP contribution >= 0.6 is 0 Å². The molecule has 6 heteroatoms. The molecule has 0 spiro atoms. The Kier molecular flexibility index (Phi) is 10.1. The van der Waals surface area contributed by atoms with Crippen molar-refractivity contribution in [3.05, 3.63) is 29.8 Å². The monoisotopic (exact) mass is 390 g/mol. The number of benzene rings is 1. The molecule has 158 valence electrons. The van der Waals surface area contributed by atoms with Gasteiger partial charge in [0, 0.05) is 66.3 Å². The minimum atomic E-state index is 0.367. The first-order valence-corrected chi connectivity index (χ1v) is 10.5. The maximum absolute atomic E-state index is 5.97. The van der Waals surface area contributed by atoms with Gasteiger partial charge in [-0.1, -0.05) is 12.1 Å². The lowest BCUT2D eigenvalue weighted by molar-refractivity contribution is 0.00991. The van der Waals surface area contributed by atoms with Crippen LogP contribution in [0.3, 0.4) is 0 Å². The molecular weight excluding hydrogens is 352 g/mol. The molecule has 28 heavy (non-hydrogen) atoms. The Balaban J connectivity index is 1.78. The second kappa shape index (κ2) is 12.6. The van der Waals surface area contributed by atoms with Crippen LogP contribution in [-0.2, 0) is 15.9 Å². The summed E-state index contributed by atoms with van der Waals surface area (Å²) in [7, 11) is 5.87. The van der Waals surface area contributed by atoms with Crippen molar-refractivity contribution in [3.63, 3.8) is 0 Å². The zero-order valence-electron chi connectivity index (χ0n) is 18.1. The third-order valence-electron chi connectivity index (χ3n) is 5.04. The Morgan fingerprint density at radius 1 is 1.18 bits per heavy atom. The number of methoxy groups -OCH3 is 1. The molecular formula is C22H38N4O2. The number of piperidine rings is 1. The number of nitrogens with zero attached hydrogens (tertiary/aromatic N) is 3. The summed E-state index contributed by atoms with van der Waals surface area (Å²) < 4.78 is 11.0. The van der Waals surface area contributed by atoms with Crippen molar-refractivity contribution in [2.75, 3.05) is 65.5 Å². The molecule has 1 aliphatic rings. The topological polar surface area (TPSA) is 49.3 Å². The highest BCUT2D eigenvalue weighted by molar-refractivity contribution is 5.80. The van der Waals surface area contributed by atoms with Gasteiger partial charge in [-0.25, -0.2) is 0 Å². The SMILES string of the molecule is CCNC(=NCCc1ccc(N(C)C)cc1)N1CCC(OCCCOC)CC1. The van der Waals surface area contributed by atoms with Crippen LogP contribution in [0.5, 0.6) is 0 Å². The smallest absolute Gasteiger partial charge is 0.193 e. The zero-order valence-corrected chi connectivity index (χ0v) is 18.1. The Morgan fingerprint density at radius 2 is 1.89 bits per heavy atom. The van der Waals surface area contributed by atoms with E-state index >= 15 is 0 Å². The molecule has 0 bridgehead atoms. The highest BCUT2D eigenvalue weighted by Gasteiger charge is 2.21.